The van der Waals surface area contributed by atoms with Crippen LogP contribution in [0.5, 0.6) is 0 Å². The van der Waals surface area contributed by atoms with Crippen molar-refractivity contribution in [3.05, 3.63) is 18.2 Å². The fraction of sp³-hybridized carbons (Fsp3) is 0.714. The summed E-state index contributed by atoms with van der Waals surface area (Å²) in [6, 6.07) is 0.166. The minimum atomic E-state index is 0.166. The Kier molecular flexibility index (Phi) is 5.14. The molecular formula is C14H25N5O. The summed E-state index contributed by atoms with van der Waals surface area (Å²) < 4.78 is 0. The van der Waals surface area contributed by atoms with Crippen LogP contribution in [0.25, 0.3) is 0 Å². The van der Waals surface area contributed by atoms with E-state index in [2.05, 4.69) is 40.7 Å². The molecule has 1 aliphatic rings. The number of nitrogens with one attached hydrogen (secondary N) is 1. The minimum Gasteiger partial charge on any atom is -0.347 e. The second kappa shape index (κ2) is 6.85. The van der Waals surface area contributed by atoms with Crippen LogP contribution in [0.3, 0.4) is 0 Å². The Bertz CT molecular complexity index is 415. The normalized spacial score (nSPS) is 20.6. The van der Waals surface area contributed by atoms with Gasteiger partial charge in [-0.3, -0.25) is 14.6 Å². The number of imidazole rings is 1. The molecule has 2 rings (SSSR count). The highest BCUT2D eigenvalue weighted by Gasteiger charge is 2.30. The Morgan fingerprint density at radius 1 is 1.45 bits per heavy atom. The van der Waals surface area contributed by atoms with Gasteiger partial charge in [0, 0.05) is 32.0 Å². The molecule has 0 aliphatic carbocycles. The van der Waals surface area contributed by atoms with E-state index in [0.717, 1.165) is 32.0 Å². The fourth-order valence-corrected chi connectivity index (χ4v) is 2.59. The Hall–Kier alpha value is -1.40. The van der Waals surface area contributed by atoms with Gasteiger partial charge in [-0.15, -0.1) is 0 Å². The molecule has 1 fully saturated rings. The van der Waals surface area contributed by atoms with Crippen LogP contribution in [0.2, 0.25) is 0 Å². The third-order valence-electron chi connectivity index (χ3n) is 4.09. The lowest BCUT2D eigenvalue weighted by molar-refractivity contribution is -0.135. The van der Waals surface area contributed by atoms with E-state index >= 15 is 0 Å². The average Bonchev–Trinajstić information content (AvgIpc) is 2.99. The largest absolute Gasteiger partial charge is 0.347 e. The summed E-state index contributed by atoms with van der Waals surface area (Å²) in [7, 11) is 2.08. The zero-order chi connectivity index (χ0) is 14.5. The summed E-state index contributed by atoms with van der Waals surface area (Å²) >= 11 is 0. The maximum Gasteiger partial charge on any atom is 0.236 e. The number of aromatic nitrogens is 2. The first-order chi connectivity index (χ1) is 9.65. The molecule has 0 radical (unpaired) electrons. The molecule has 0 spiro atoms. The molecule has 1 saturated heterocycles. The lowest BCUT2D eigenvalue weighted by atomic mass is 10.1. The van der Waals surface area contributed by atoms with Gasteiger partial charge in [-0.1, -0.05) is 13.8 Å². The molecule has 0 saturated carbocycles. The van der Waals surface area contributed by atoms with Gasteiger partial charge in [0.25, 0.3) is 0 Å². The molecule has 112 valence electrons. The molecule has 0 aromatic carbocycles. The van der Waals surface area contributed by atoms with Crippen molar-refractivity contribution in [2.45, 2.75) is 19.9 Å². The second-order valence-electron chi connectivity index (χ2n) is 5.27. The Morgan fingerprint density at radius 3 is 2.80 bits per heavy atom. The summed E-state index contributed by atoms with van der Waals surface area (Å²) in [5.74, 6) is 1.16. The molecule has 1 atom stereocenters. The first-order valence-corrected chi connectivity index (χ1v) is 7.35. The third-order valence-corrected chi connectivity index (χ3v) is 4.09. The van der Waals surface area contributed by atoms with E-state index < -0.39 is 0 Å². The van der Waals surface area contributed by atoms with Crippen LogP contribution in [0, 0.1) is 0 Å². The van der Waals surface area contributed by atoms with Gasteiger partial charge in [0.1, 0.15) is 5.82 Å². The molecule has 2 heterocycles. The van der Waals surface area contributed by atoms with Gasteiger partial charge in [0.05, 0.1) is 12.6 Å². The molecule has 1 unspecified atom stereocenters. The SMILES string of the molecule is CCN(CC)CC(=O)N1CCN(C)C(c2ncc[nH]2)C1. The van der Waals surface area contributed by atoms with Gasteiger partial charge in [-0.25, -0.2) is 4.98 Å². The van der Waals surface area contributed by atoms with Crippen molar-refractivity contribution in [3.63, 3.8) is 0 Å². The number of carbonyl (C=O) groups is 1. The number of amides is 1. The lowest BCUT2D eigenvalue weighted by Gasteiger charge is -2.39. The number of piperazine rings is 1. The van der Waals surface area contributed by atoms with E-state index in [1.807, 2.05) is 11.1 Å². The third kappa shape index (κ3) is 3.37. The van der Waals surface area contributed by atoms with Crippen molar-refractivity contribution in [2.24, 2.45) is 0 Å². The van der Waals surface area contributed by atoms with E-state index in [1.165, 1.54) is 0 Å². The van der Waals surface area contributed by atoms with Gasteiger partial charge in [-0.05, 0) is 20.1 Å². The van der Waals surface area contributed by atoms with Crippen LogP contribution in [0.1, 0.15) is 25.7 Å². The summed E-state index contributed by atoms with van der Waals surface area (Å²) in [6.07, 6.45) is 3.60. The van der Waals surface area contributed by atoms with Crippen LogP contribution in [0.4, 0.5) is 0 Å². The molecule has 6 nitrogen and oxygen atoms in total. The van der Waals surface area contributed by atoms with Crippen molar-refractivity contribution in [1.82, 2.24) is 24.7 Å². The molecule has 20 heavy (non-hydrogen) atoms. The van der Waals surface area contributed by atoms with Crippen molar-refractivity contribution in [2.75, 3.05) is 46.3 Å². The quantitative estimate of drug-likeness (QED) is 0.856. The van der Waals surface area contributed by atoms with Gasteiger partial charge >= 0.3 is 0 Å². The standard InChI is InChI=1S/C14H25N5O/c1-4-18(5-2)11-13(20)19-9-8-17(3)12(10-19)14-15-6-7-16-14/h6-7,12H,4-5,8-11H2,1-3H3,(H,15,16). The molecular weight excluding hydrogens is 254 g/mol. The molecule has 1 N–H and O–H groups in total. The Labute approximate surface area is 120 Å². The van der Waals surface area contributed by atoms with Crippen LogP contribution in [0.15, 0.2) is 12.4 Å². The minimum absolute atomic E-state index is 0.166. The summed E-state index contributed by atoms with van der Waals surface area (Å²) in [5.41, 5.74) is 0. The van der Waals surface area contributed by atoms with Crippen molar-refractivity contribution >= 4 is 5.91 Å². The van der Waals surface area contributed by atoms with Crippen molar-refractivity contribution in [3.8, 4) is 0 Å². The predicted molar refractivity (Wildman–Crippen MR) is 78.3 cm³/mol. The molecule has 1 aromatic rings. The van der Waals surface area contributed by atoms with Crippen molar-refractivity contribution in [1.29, 1.82) is 0 Å². The zero-order valence-corrected chi connectivity index (χ0v) is 12.7. The van der Waals surface area contributed by atoms with Crippen LogP contribution >= 0.6 is 0 Å². The smallest absolute Gasteiger partial charge is 0.236 e. The van der Waals surface area contributed by atoms with E-state index in [4.69, 9.17) is 0 Å². The topological polar surface area (TPSA) is 55.5 Å². The van der Waals surface area contributed by atoms with E-state index in [0.29, 0.717) is 13.1 Å². The molecule has 0 bridgehead atoms. The molecule has 1 aliphatic heterocycles. The first kappa shape index (κ1) is 15.0. The summed E-state index contributed by atoms with van der Waals surface area (Å²) in [4.78, 5) is 26.2. The van der Waals surface area contributed by atoms with Gasteiger partial charge in [0.2, 0.25) is 5.91 Å². The van der Waals surface area contributed by atoms with Crippen LogP contribution in [-0.2, 0) is 4.79 Å². The first-order valence-electron chi connectivity index (χ1n) is 7.35. The number of rotatable bonds is 5. The maximum atomic E-state index is 12.4. The maximum absolute atomic E-state index is 12.4. The molecule has 1 aromatic heterocycles. The number of likely N-dealkylation sites (N-methyl/N-ethyl adjacent to an activating group) is 2. The van der Waals surface area contributed by atoms with Crippen LogP contribution in [-0.4, -0.2) is 76.9 Å². The highest BCUT2D eigenvalue weighted by atomic mass is 16.2. The number of hydrogen-bond acceptors (Lipinski definition) is 4. The van der Waals surface area contributed by atoms with E-state index in [-0.39, 0.29) is 11.9 Å². The van der Waals surface area contributed by atoms with E-state index in [1.54, 1.807) is 6.20 Å². The Balaban J connectivity index is 1.98. The summed E-state index contributed by atoms with van der Waals surface area (Å²) in [6.45, 7) is 8.92. The molecule has 6 heteroatoms. The highest BCUT2D eigenvalue weighted by molar-refractivity contribution is 5.78. The number of nitrogens with zero attached hydrogens (tertiary/aromatic N) is 4. The second-order valence-corrected chi connectivity index (χ2v) is 5.27. The average molecular weight is 279 g/mol. The number of hydrogen-bond donors (Lipinski definition) is 1. The monoisotopic (exact) mass is 279 g/mol. The molecule has 1 amide bonds. The van der Waals surface area contributed by atoms with Crippen LogP contribution < -0.4 is 0 Å². The van der Waals surface area contributed by atoms with Gasteiger partial charge in [0.15, 0.2) is 0 Å². The fourth-order valence-electron chi connectivity index (χ4n) is 2.59. The van der Waals surface area contributed by atoms with Crippen molar-refractivity contribution < 1.29 is 4.79 Å². The highest BCUT2D eigenvalue weighted by Crippen LogP contribution is 2.21. The zero-order valence-electron chi connectivity index (χ0n) is 12.7. The van der Waals surface area contributed by atoms with Gasteiger partial charge in [-0.2, -0.15) is 0 Å². The number of aromatic amines is 1. The lowest BCUT2D eigenvalue weighted by Crippen LogP contribution is -2.51. The Morgan fingerprint density at radius 2 is 2.20 bits per heavy atom. The summed E-state index contributed by atoms with van der Waals surface area (Å²) in [5, 5.41) is 0. The van der Waals surface area contributed by atoms with Gasteiger partial charge < -0.3 is 9.88 Å². The predicted octanol–water partition coefficient (Wildman–Crippen LogP) is 0.567. The number of H-pyrrole nitrogens is 1. The van der Waals surface area contributed by atoms with E-state index in [9.17, 15) is 4.79 Å². The number of carbonyl (C=O) groups excluding carboxylic acids is 1.